The lowest BCUT2D eigenvalue weighted by molar-refractivity contribution is 0.0734. The first kappa shape index (κ1) is 17.9. The number of aromatic amines is 1. The van der Waals surface area contributed by atoms with E-state index < -0.39 is 0 Å². The summed E-state index contributed by atoms with van der Waals surface area (Å²) in [5.74, 6) is 0.969. The largest absolute Gasteiger partial charge is 0.339 e. The summed E-state index contributed by atoms with van der Waals surface area (Å²) in [6.45, 7) is 9.54. The molecule has 0 fully saturated rings. The minimum Gasteiger partial charge on any atom is -0.339 e. The van der Waals surface area contributed by atoms with Crippen LogP contribution >= 0.6 is 0 Å². The third-order valence-electron chi connectivity index (χ3n) is 4.42. The minimum atomic E-state index is -0.276. The van der Waals surface area contributed by atoms with Crippen molar-refractivity contribution in [3.63, 3.8) is 0 Å². The molecule has 130 valence electrons. The summed E-state index contributed by atoms with van der Waals surface area (Å²) in [4.78, 5) is 25.9. The molecule has 0 bridgehead atoms. The fraction of sp³-hybridized carbons (Fsp3) is 0.529. The summed E-state index contributed by atoms with van der Waals surface area (Å²) >= 11 is 0. The van der Waals surface area contributed by atoms with Crippen LogP contribution in [0, 0.1) is 12.8 Å². The number of carbonyl (C=O) groups is 1. The number of rotatable bonds is 7. The van der Waals surface area contributed by atoms with Gasteiger partial charge in [-0.1, -0.05) is 26.7 Å². The zero-order chi connectivity index (χ0) is 17.7. The number of aromatic nitrogens is 4. The number of carbonyl (C=O) groups excluding carboxylic acids is 1. The molecule has 0 saturated carbocycles. The van der Waals surface area contributed by atoms with Gasteiger partial charge in [-0.25, -0.2) is 9.78 Å². The maximum Gasteiger partial charge on any atom is 0.264 e. The molecule has 0 aliphatic heterocycles. The second-order valence-electron chi connectivity index (χ2n) is 5.86. The maximum absolute atomic E-state index is 12.9. The summed E-state index contributed by atoms with van der Waals surface area (Å²) in [7, 11) is 0. The van der Waals surface area contributed by atoms with Gasteiger partial charge < -0.3 is 4.90 Å². The summed E-state index contributed by atoms with van der Waals surface area (Å²) in [6.07, 6.45) is 3.68. The fourth-order valence-electron chi connectivity index (χ4n) is 2.69. The summed E-state index contributed by atoms with van der Waals surface area (Å²) in [5.41, 5.74) is 1.00. The molecule has 7 nitrogen and oxygen atoms in total. The van der Waals surface area contributed by atoms with Gasteiger partial charge in [0, 0.05) is 19.2 Å². The predicted molar refractivity (Wildman–Crippen MR) is 92.4 cm³/mol. The topological polar surface area (TPSA) is 83.9 Å². The van der Waals surface area contributed by atoms with Gasteiger partial charge in [0.1, 0.15) is 0 Å². The molecule has 0 atom stereocenters. The van der Waals surface area contributed by atoms with Crippen LogP contribution in [0.4, 0.5) is 0 Å². The van der Waals surface area contributed by atoms with Gasteiger partial charge in [-0.15, -0.1) is 0 Å². The molecule has 2 heterocycles. The average molecular weight is 331 g/mol. The van der Waals surface area contributed by atoms with Crippen LogP contribution in [-0.4, -0.2) is 43.9 Å². The summed E-state index contributed by atoms with van der Waals surface area (Å²) in [5, 5.41) is 10.6. The van der Waals surface area contributed by atoms with Crippen LogP contribution < -0.4 is 5.56 Å². The van der Waals surface area contributed by atoms with Crippen molar-refractivity contribution in [2.24, 2.45) is 5.92 Å². The Balaban J connectivity index is 2.27. The molecule has 0 aromatic carbocycles. The number of nitrogens with one attached hydrogen (secondary N) is 1. The molecule has 1 amide bonds. The monoisotopic (exact) mass is 331 g/mol. The molecule has 2 aromatic heterocycles. The highest BCUT2D eigenvalue weighted by atomic mass is 16.2. The van der Waals surface area contributed by atoms with Gasteiger partial charge in [0.15, 0.2) is 5.82 Å². The quantitative estimate of drug-likeness (QED) is 0.842. The molecule has 7 heteroatoms. The lowest BCUT2D eigenvalue weighted by Gasteiger charge is -2.25. The van der Waals surface area contributed by atoms with Crippen molar-refractivity contribution in [2.75, 3.05) is 13.1 Å². The van der Waals surface area contributed by atoms with Crippen LogP contribution in [0.15, 0.2) is 23.1 Å². The van der Waals surface area contributed by atoms with Gasteiger partial charge >= 0.3 is 0 Å². The van der Waals surface area contributed by atoms with Crippen LogP contribution in [0.1, 0.15) is 49.7 Å². The molecule has 2 rings (SSSR count). The van der Waals surface area contributed by atoms with Crippen molar-refractivity contribution in [1.82, 2.24) is 24.9 Å². The highest BCUT2D eigenvalue weighted by Crippen LogP contribution is 2.16. The smallest absolute Gasteiger partial charge is 0.264 e. The first-order valence-electron chi connectivity index (χ1n) is 8.41. The summed E-state index contributed by atoms with van der Waals surface area (Å²) < 4.78 is 1.56. The first-order valence-corrected chi connectivity index (χ1v) is 8.41. The van der Waals surface area contributed by atoms with Crippen molar-refractivity contribution in [1.29, 1.82) is 0 Å². The van der Waals surface area contributed by atoms with Gasteiger partial charge in [-0.2, -0.15) is 10.2 Å². The molecule has 1 N–H and O–H groups in total. The van der Waals surface area contributed by atoms with Gasteiger partial charge in [-0.05, 0) is 25.8 Å². The van der Waals surface area contributed by atoms with E-state index in [1.807, 2.05) is 18.7 Å². The van der Waals surface area contributed by atoms with Crippen molar-refractivity contribution in [3.05, 3.63) is 39.9 Å². The highest BCUT2D eigenvalue weighted by Gasteiger charge is 2.22. The zero-order valence-corrected chi connectivity index (χ0v) is 14.7. The van der Waals surface area contributed by atoms with Gasteiger partial charge in [0.05, 0.1) is 17.5 Å². The second-order valence-corrected chi connectivity index (χ2v) is 5.86. The van der Waals surface area contributed by atoms with Crippen molar-refractivity contribution >= 4 is 5.91 Å². The summed E-state index contributed by atoms with van der Waals surface area (Å²) in [6, 6.07) is 2.96. The van der Waals surface area contributed by atoms with Gasteiger partial charge in [-0.3, -0.25) is 9.59 Å². The van der Waals surface area contributed by atoms with E-state index in [4.69, 9.17) is 0 Å². The highest BCUT2D eigenvalue weighted by molar-refractivity contribution is 5.95. The third-order valence-corrected chi connectivity index (χ3v) is 4.42. The Morgan fingerprint density at radius 1 is 1.29 bits per heavy atom. The van der Waals surface area contributed by atoms with E-state index in [2.05, 4.69) is 29.1 Å². The van der Waals surface area contributed by atoms with E-state index in [9.17, 15) is 9.59 Å². The number of hydrogen-bond donors (Lipinski definition) is 1. The SMILES string of the molecule is CCC(CC)CN(CC)C(=O)c1cnn(-c2ccc(=O)[nH]n2)c1C. The van der Waals surface area contributed by atoms with E-state index in [1.54, 1.807) is 16.9 Å². The second kappa shape index (κ2) is 7.90. The Morgan fingerprint density at radius 3 is 2.54 bits per heavy atom. The molecule has 0 saturated heterocycles. The van der Waals surface area contributed by atoms with Gasteiger partial charge in [0.25, 0.3) is 11.5 Å². The average Bonchev–Trinajstić information content (AvgIpc) is 2.98. The van der Waals surface area contributed by atoms with Crippen molar-refractivity contribution < 1.29 is 4.79 Å². The molecule has 2 aromatic rings. The molecule has 0 radical (unpaired) electrons. The number of nitrogens with zero attached hydrogens (tertiary/aromatic N) is 4. The molecular formula is C17H25N5O2. The normalized spacial score (nSPS) is 11.0. The molecule has 24 heavy (non-hydrogen) atoms. The van der Waals surface area contributed by atoms with Crippen LogP contribution in [0.5, 0.6) is 0 Å². The third kappa shape index (κ3) is 3.72. The Morgan fingerprint density at radius 2 is 2.00 bits per heavy atom. The van der Waals surface area contributed by atoms with E-state index in [0.717, 1.165) is 19.4 Å². The van der Waals surface area contributed by atoms with Crippen molar-refractivity contribution in [2.45, 2.75) is 40.5 Å². The maximum atomic E-state index is 12.9. The van der Waals surface area contributed by atoms with Crippen LogP contribution in [-0.2, 0) is 0 Å². The Labute approximate surface area is 141 Å². The Bertz CT molecular complexity index is 725. The van der Waals surface area contributed by atoms with E-state index >= 15 is 0 Å². The van der Waals surface area contributed by atoms with Crippen molar-refractivity contribution in [3.8, 4) is 5.82 Å². The molecule has 0 aliphatic carbocycles. The molecule has 0 unspecified atom stereocenters. The Hall–Kier alpha value is -2.44. The predicted octanol–water partition coefficient (Wildman–Crippen LogP) is 2.16. The number of hydrogen-bond acceptors (Lipinski definition) is 4. The van der Waals surface area contributed by atoms with Crippen LogP contribution in [0.2, 0.25) is 0 Å². The first-order chi connectivity index (χ1) is 11.5. The molecule has 0 spiro atoms. The number of amides is 1. The molecule has 0 aliphatic rings. The van der Waals surface area contributed by atoms with Crippen LogP contribution in [0.25, 0.3) is 5.82 Å². The number of H-pyrrole nitrogens is 1. The zero-order valence-electron chi connectivity index (χ0n) is 14.7. The standard InChI is InChI=1S/C17H25N5O2/c1-5-13(6-2)11-21(7-3)17(24)14-10-18-22(12(14)4)15-8-9-16(23)20-19-15/h8-10,13H,5-7,11H2,1-4H3,(H,20,23). The fourth-order valence-corrected chi connectivity index (χ4v) is 2.69. The van der Waals surface area contributed by atoms with Crippen LogP contribution in [0.3, 0.4) is 0 Å². The van der Waals surface area contributed by atoms with E-state index in [0.29, 0.717) is 29.5 Å². The van der Waals surface area contributed by atoms with E-state index in [-0.39, 0.29) is 11.5 Å². The van der Waals surface area contributed by atoms with Gasteiger partial charge in [0.2, 0.25) is 0 Å². The minimum absolute atomic E-state index is 0.0161. The lowest BCUT2D eigenvalue weighted by atomic mass is 10.0. The Kier molecular flexibility index (Phi) is 5.89. The molecular weight excluding hydrogens is 306 g/mol. The van der Waals surface area contributed by atoms with E-state index in [1.165, 1.54) is 6.07 Å². The lowest BCUT2D eigenvalue weighted by Crippen LogP contribution is -2.35.